The van der Waals surface area contributed by atoms with Gasteiger partial charge in [-0.3, -0.25) is 0 Å². The summed E-state index contributed by atoms with van der Waals surface area (Å²) in [5, 5.41) is 12.0. The van der Waals surface area contributed by atoms with Crippen LogP contribution in [0.25, 0.3) is 23.1 Å². The number of methoxy groups -OCH3 is 1. The van der Waals surface area contributed by atoms with Crippen molar-refractivity contribution in [3.63, 3.8) is 0 Å². The molecule has 2 aliphatic rings. The molecule has 1 aliphatic carbocycles. The van der Waals surface area contributed by atoms with Crippen molar-refractivity contribution in [1.29, 1.82) is 0 Å². The highest BCUT2D eigenvalue weighted by Gasteiger charge is 2.43. The smallest absolute Gasteiger partial charge is 0.164 e. The number of aromatic hydroxyl groups is 1. The van der Waals surface area contributed by atoms with E-state index in [1.807, 2.05) is 6.07 Å². The van der Waals surface area contributed by atoms with Crippen LogP contribution in [-0.2, 0) is 20.0 Å². The van der Waals surface area contributed by atoms with Gasteiger partial charge in [0.1, 0.15) is 11.9 Å². The van der Waals surface area contributed by atoms with Gasteiger partial charge in [-0.15, -0.1) is 0 Å². The van der Waals surface area contributed by atoms with Crippen molar-refractivity contribution in [2.24, 2.45) is 18.4 Å². The summed E-state index contributed by atoms with van der Waals surface area (Å²) in [6, 6.07) is 8.29. The first kappa shape index (κ1) is 23.8. The molecule has 0 bridgehead atoms. The van der Waals surface area contributed by atoms with E-state index in [2.05, 4.69) is 81.0 Å². The molecule has 0 amide bonds. The fraction of sp³-hybridized carbons (Fsp3) is 0.467. The summed E-state index contributed by atoms with van der Waals surface area (Å²) < 4.78 is 14.3. The zero-order chi connectivity index (χ0) is 24.9. The lowest BCUT2D eigenvalue weighted by atomic mass is 9.64. The van der Waals surface area contributed by atoms with Crippen LogP contribution < -0.4 is 9.47 Å². The van der Waals surface area contributed by atoms with Crippen LogP contribution >= 0.6 is 0 Å². The third kappa shape index (κ3) is 4.42. The average molecular weight is 475 g/mol. The molecule has 2 aromatic carbocycles. The molecule has 186 valence electrons. The molecule has 1 aromatic heterocycles. The van der Waals surface area contributed by atoms with Gasteiger partial charge in [-0.1, -0.05) is 26.0 Å². The molecule has 5 rings (SSSR count). The molecule has 0 saturated heterocycles. The van der Waals surface area contributed by atoms with E-state index >= 15 is 0 Å². The van der Waals surface area contributed by atoms with Gasteiger partial charge in [-0.05, 0) is 91.7 Å². The van der Waals surface area contributed by atoms with Gasteiger partial charge < -0.3 is 24.0 Å². The van der Waals surface area contributed by atoms with E-state index in [0.29, 0.717) is 11.7 Å². The molecule has 3 aromatic rings. The monoisotopic (exact) mass is 474 g/mol. The number of ether oxygens (including phenoxy) is 2. The molecule has 0 radical (unpaired) electrons. The van der Waals surface area contributed by atoms with Crippen LogP contribution in [0.4, 0.5) is 0 Å². The van der Waals surface area contributed by atoms with Gasteiger partial charge in [-0.2, -0.15) is 0 Å². The molecule has 1 unspecified atom stereocenters. The number of phenols is 1. The molecule has 0 spiro atoms. The maximum atomic E-state index is 10.8. The standard InChI is InChI=1S/C30H38N2O3/c1-30(2)11-7-8-26-23(30)16-21-12-19(14-25(33)29(21)35-26)9-10-20-13-24-28(27(15-20)34-6)22(17-31(3)4)18-32(24)5/h9-10,12-15,18,23,26,33H,7-8,11,16-17H2,1-6H3/b10-9+/t23-,26?/m0/s1. The molecule has 5 nitrogen and oxygen atoms in total. The molecule has 2 atom stereocenters. The Bertz CT molecular complexity index is 1280. The minimum atomic E-state index is 0.209. The third-order valence-electron chi connectivity index (χ3n) is 7.97. The Balaban J connectivity index is 1.47. The van der Waals surface area contributed by atoms with Crippen molar-refractivity contribution in [3.05, 3.63) is 52.7 Å². The van der Waals surface area contributed by atoms with Crippen LogP contribution in [0.2, 0.25) is 0 Å². The summed E-state index contributed by atoms with van der Waals surface area (Å²) in [6.45, 7) is 5.58. The van der Waals surface area contributed by atoms with E-state index in [4.69, 9.17) is 9.47 Å². The number of aryl methyl sites for hydroxylation is 1. The minimum absolute atomic E-state index is 0.209. The maximum absolute atomic E-state index is 10.8. The molecule has 5 heteroatoms. The van der Waals surface area contributed by atoms with Crippen LogP contribution in [0.3, 0.4) is 0 Å². The highest BCUT2D eigenvalue weighted by Crippen LogP contribution is 2.50. The van der Waals surface area contributed by atoms with Gasteiger partial charge in [0.05, 0.1) is 12.6 Å². The Morgan fingerprint density at radius 2 is 1.91 bits per heavy atom. The first-order valence-electron chi connectivity index (χ1n) is 12.7. The summed E-state index contributed by atoms with van der Waals surface area (Å²) in [4.78, 5) is 2.17. The summed E-state index contributed by atoms with van der Waals surface area (Å²) in [7, 11) is 7.97. The quantitative estimate of drug-likeness (QED) is 0.444. The highest BCUT2D eigenvalue weighted by molar-refractivity contribution is 5.92. The van der Waals surface area contributed by atoms with Crippen LogP contribution in [0.15, 0.2) is 30.5 Å². The Morgan fingerprint density at radius 1 is 1.17 bits per heavy atom. The summed E-state index contributed by atoms with van der Waals surface area (Å²) >= 11 is 0. The number of phenolic OH excluding ortho intramolecular Hbond substituents is 1. The van der Waals surface area contributed by atoms with Gasteiger partial charge in [0, 0.05) is 31.1 Å². The van der Waals surface area contributed by atoms with Crippen molar-refractivity contribution >= 4 is 23.1 Å². The molecule has 35 heavy (non-hydrogen) atoms. The minimum Gasteiger partial charge on any atom is -0.504 e. The molecule has 1 fully saturated rings. The lowest BCUT2D eigenvalue weighted by Crippen LogP contribution is -2.45. The molecule has 1 aliphatic heterocycles. The number of fused-ring (bicyclic) bond motifs is 3. The fourth-order valence-corrected chi connectivity index (χ4v) is 6.17. The van der Waals surface area contributed by atoms with Crippen molar-refractivity contribution < 1.29 is 14.6 Å². The molecular formula is C30H38N2O3. The Kier molecular flexibility index (Phi) is 6.08. The van der Waals surface area contributed by atoms with E-state index in [9.17, 15) is 5.11 Å². The lowest BCUT2D eigenvalue weighted by Gasteiger charge is -2.46. The number of benzene rings is 2. The Morgan fingerprint density at radius 3 is 2.63 bits per heavy atom. The van der Waals surface area contributed by atoms with Crippen molar-refractivity contribution in [3.8, 4) is 17.2 Å². The maximum Gasteiger partial charge on any atom is 0.164 e. The summed E-state index contributed by atoms with van der Waals surface area (Å²) in [5.74, 6) is 2.30. The topological polar surface area (TPSA) is 46.9 Å². The van der Waals surface area contributed by atoms with Gasteiger partial charge in [0.15, 0.2) is 11.5 Å². The molecular weight excluding hydrogens is 436 g/mol. The van der Waals surface area contributed by atoms with Crippen LogP contribution in [0.5, 0.6) is 17.2 Å². The predicted molar refractivity (Wildman–Crippen MR) is 143 cm³/mol. The first-order valence-corrected chi connectivity index (χ1v) is 12.7. The zero-order valence-corrected chi connectivity index (χ0v) is 21.9. The van der Waals surface area contributed by atoms with E-state index in [-0.39, 0.29) is 17.3 Å². The van der Waals surface area contributed by atoms with Crippen LogP contribution in [0, 0.1) is 11.3 Å². The van der Waals surface area contributed by atoms with E-state index in [0.717, 1.165) is 52.7 Å². The van der Waals surface area contributed by atoms with Crippen molar-refractivity contribution in [1.82, 2.24) is 9.47 Å². The SMILES string of the molecule is COc1cc(/C=C/c2cc(O)c3c(c2)C[C@H]2C(CCCC2(C)C)O3)cc2c1c(CN(C)C)cn2C. The van der Waals surface area contributed by atoms with Crippen LogP contribution in [-0.4, -0.2) is 41.9 Å². The normalized spacial score (nSPS) is 21.2. The molecule has 2 heterocycles. The largest absolute Gasteiger partial charge is 0.504 e. The Labute approximate surface area is 209 Å². The van der Waals surface area contributed by atoms with E-state index in [1.165, 1.54) is 18.4 Å². The van der Waals surface area contributed by atoms with Gasteiger partial charge in [-0.25, -0.2) is 0 Å². The van der Waals surface area contributed by atoms with Crippen molar-refractivity contribution in [2.75, 3.05) is 21.2 Å². The highest BCUT2D eigenvalue weighted by atomic mass is 16.5. The number of hydrogen-bond donors (Lipinski definition) is 1. The van der Waals surface area contributed by atoms with E-state index < -0.39 is 0 Å². The fourth-order valence-electron chi connectivity index (χ4n) is 6.17. The van der Waals surface area contributed by atoms with Gasteiger partial charge in [0.2, 0.25) is 0 Å². The number of rotatable bonds is 5. The van der Waals surface area contributed by atoms with Crippen LogP contribution in [0.1, 0.15) is 55.4 Å². The number of aromatic nitrogens is 1. The molecule has 1 N–H and O–H groups in total. The summed E-state index contributed by atoms with van der Waals surface area (Å²) in [5.41, 5.74) is 5.82. The lowest BCUT2D eigenvalue weighted by molar-refractivity contribution is -0.00709. The first-order chi connectivity index (χ1) is 16.7. The number of hydrogen-bond acceptors (Lipinski definition) is 4. The predicted octanol–water partition coefficient (Wildman–Crippen LogP) is 6.25. The average Bonchev–Trinajstić information content (AvgIpc) is 3.11. The second-order valence-electron chi connectivity index (χ2n) is 11.3. The van der Waals surface area contributed by atoms with Gasteiger partial charge in [0.25, 0.3) is 0 Å². The Hall–Kier alpha value is -2.92. The second-order valence-corrected chi connectivity index (χ2v) is 11.3. The zero-order valence-electron chi connectivity index (χ0n) is 21.9. The summed E-state index contributed by atoms with van der Waals surface area (Å²) in [6.07, 6.45) is 11.0. The van der Waals surface area contributed by atoms with E-state index in [1.54, 1.807) is 7.11 Å². The second kappa shape index (κ2) is 8.94. The number of nitrogens with zero attached hydrogens (tertiary/aromatic N) is 2. The third-order valence-corrected chi connectivity index (χ3v) is 7.97. The van der Waals surface area contributed by atoms with Gasteiger partial charge >= 0.3 is 0 Å². The van der Waals surface area contributed by atoms with Crippen molar-refractivity contribution in [2.45, 2.75) is 52.2 Å². The molecule has 1 saturated carbocycles.